The Kier molecular flexibility index (Phi) is 4.50. The number of hydrogen-bond donors (Lipinski definition) is 1. The maximum Gasteiger partial charge on any atom is 0.0903 e. The summed E-state index contributed by atoms with van der Waals surface area (Å²) in [5.41, 5.74) is 1.12. The Morgan fingerprint density at radius 3 is 2.35 bits per heavy atom. The summed E-state index contributed by atoms with van der Waals surface area (Å²) >= 11 is 0. The first-order valence-corrected chi connectivity index (χ1v) is 7.81. The van der Waals surface area contributed by atoms with E-state index in [0.29, 0.717) is 6.42 Å². The van der Waals surface area contributed by atoms with Gasteiger partial charge >= 0.3 is 0 Å². The lowest BCUT2D eigenvalue weighted by molar-refractivity contribution is -0.0764. The molecule has 2 nitrogen and oxygen atoms in total. The van der Waals surface area contributed by atoms with Crippen LogP contribution in [0.25, 0.3) is 0 Å². The number of hydrogen-bond acceptors (Lipinski definition) is 2. The van der Waals surface area contributed by atoms with Gasteiger partial charge in [0.15, 0.2) is 0 Å². The highest BCUT2D eigenvalue weighted by atomic mass is 16.3. The standard InChI is InChI=1S/C18H25NO/c1-3-10-18(20,11-4-2)17(14-19)12-9-15-7-5-6-8-16(15)13-17/h5-8,20H,3-4,9-13H2,1-2H3. The van der Waals surface area contributed by atoms with Crippen LogP contribution in [0.4, 0.5) is 0 Å². The summed E-state index contributed by atoms with van der Waals surface area (Å²) in [6, 6.07) is 10.9. The van der Waals surface area contributed by atoms with Crippen LogP contribution in [0.1, 0.15) is 57.1 Å². The van der Waals surface area contributed by atoms with Crippen molar-refractivity contribution in [3.05, 3.63) is 35.4 Å². The molecule has 0 radical (unpaired) electrons. The Balaban J connectivity index is 2.38. The zero-order valence-electron chi connectivity index (χ0n) is 12.7. The average Bonchev–Trinajstić information content (AvgIpc) is 2.47. The third-order valence-corrected chi connectivity index (χ3v) is 4.86. The third kappa shape index (κ3) is 2.47. The third-order valence-electron chi connectivity index (χ3n) is 4.86. The van der Waals surface area contributed by atoms with Gasteiger partial charge < -0.3 is 5.11 Å². The van der Waals surface area contributed by atoms with Gasteiger partial charge in [0.1, 0.15) is 0 Å². The molecule has 1 aliphatic rings. The molecule has 108 valence electrons. The number of rotatable bonds is 5. The summed E-state index contributed by atoms with van der Waals surface area (Å²) in [6.45, 7) is 4.17. The Labute approximate surface area is 122 Å². The van der Waals surface area contributed by atoms with Crippen molar-refractivity contribution in [2.45, 2.75) is 64.4 Å². The molecule has 0 saturated heterocycles. The van der Waals surface area contributed by atoms with E-state index in [1.54, 1.807) is 0 Å². The molecular formula is C18H25NO. The van der Waals surface area contributed by atoms with Crippen molar-refractivity contribution in [2.24, 2.45) is 5.41 Å². The predicted molar refractivity (Wildman–Crippen MR) is 81.3 cm³/mol. The fraction of sp³-hybridized carbons (Fsp3) is 0.611. The van der Waals surface area contributed by atoms with Crippen molar-refractivity contribution in [2.75, 3.05) is 0 Å². The molecule has 1 aromatic rings. The average molecular weight is 271 g/mol. The quantitative estimate of drug-likeness (QED) is 0.879. The Morgan fingerprint density at radius 2 is 1.80 bits per heavy atom. The number of aryl methyl sites for hydroxylation is 1. The summed E-state index contributed by atoms with van der Waals surface area (Å²) in [7, 11) is 0. The van der Waals surface area contributed by atoms with Gasteiger partial charge in [-0.3, -0.25) is 0 Å². The van der Waals surface area contributed by atoms with Crippen LogP contribution < -0.4 is 0 Å². The lowest BCUT2D eigenvalue weighted by Gasteiger charge is -2.45. The molecule has 1 unspecified atom stereocenters. The first kappa shape index (κ1) is 15.1. The minimum absolute atomic E-state index is 0.618. The number of aliphatic hydroxyl groups is 1. The van der Waals surface area contributed by atoms with E-state index in [1.807, 2.05) is 6.07 Å². The van der Waals surface area contributed by atoms with Crippen molar-refractivity contribution in [1.29, 1.82) is 5.26 Å². The molecule has 20 heavy (non-hydrogen) atoms. The van der Waals surface area contributed by atoms with E-state index in [0.717, 1.165) is 38.5 Å². The Hall–Kier alpha value is -1.33. The molecule has 0 heterocycles. The largest absolute Gasteiger partial charge is 0.388 e. The molecule has 0 bridgehead atoms. The molecule has 0 amide bonds. The van der Waals surface area contributed by atoms with Gasteiger partial charge in [-0.1, -0.05) is 51.0 Å². The lowest BCUT2D eigenvalue weighted by Crippen LogP contribution is -2.50. The van der Waals surface area contributed by atoms with Crippen molar-refractivity contribution < 1.29 is 5.11 Å². The van der Waals surface area contributed by atoms with Crippen LogP contribution in [-0.2, 0) is 12.8 Å². The van der Waals surface area contributed by atoms with Crippen molar-refractivity contribution in [1.82, 2.24) is 0 Å². The maximum absolute atomic E-state index is 11.2. The Bertz CT molecular complexity index is 496. The minimum atomic E-state index is -0.848. The number of benzene rings is 1. The highest BCUT2D eigenvalue weighted by Crippen LogP contribution is 2.47. The summed E-state index contributed by atoms with van der Waals surface area (Å²) in [5, 5.41) is 21.0. The van der Waals surface area contributed by atoms with Crippen LogP contribution in [0.2, 0.25) is 0 Å². The van der Waals surface area contributed by atoms with Crippen LogP contribution in [0.5, 0.6) is 0 Å². The zero-order chi connectivity index (χ0) is 14.6. The second-order valence-electron chi connectivity index (χ2n) is 6.17. The Morgan fingerprint density at radius 1 is 1.20 bits per heavy atom. The first-order chi connectivity index (χ1) is 9.61. The van der Waals surface area contributed by atoms with Crippen LogP contribution in [0.3, 0.4) is 0 Å². The van der Waals surface area contributed by atoms with Crippen molar-refractivity contribution >= 4 is 0 Å². The van der Waals surface area contributed by atoms with Gasteiger partial charge in [0.25, 0.3) is 0 Å². The van der Waals surface area contributed by atoms with Crippen molar-refractivity contribution in [3.63, 3.8) is 0 Å². The van der Waals surface area contributed by atoms with Gasteiger partial charge in [0.2, 0.25) is 0 Å². The van der Waals surface area contributed by atoms with Crippen LogP contribution in [0.15, 0.2) is 24.3 Å². The number of nitriles is 1. The fourth-order valence-corrected chi connectivity index (χ4v) is 3.76. The number of fused-ring (bicyclic) bond motifs is 1. The summed E-state index contributed by atoms with van der Waals surface area (Å²) < 4.78 is 0. The maximum atomic E-state index is 11.2. The molecule has 0 fully saturated rings. The normalized spacial score (nSPS) is 22.1. The van der Waals surface area contributed by atoms with Crippen LogP contribution in [0, 0.1) is 16.7 Å². The van der Waals surface area contributed by atoms with E-state index < -0.39 is 11.0 Å². The zero-order valence-corrected chi connectivity index (χ0v) is 12.7. The van der Waals surface area contributed by atoms with Gasteiger partial charge in [-0.25, -0.2) is 0 Å². The molecule has 2 heteroatoms. The summed E-state index contributed by atoms with van der Waals surface area (Å²) in [4.78, 5) is 0. The molecule has 0 aliphatic heterocycles. The van der Waals surface area contributed by atoms with E-state index in [4.69, 9.17) is 0 Å². The molecule has 0 spiro atoms. The van der Waals surface area contributed by atoms with Gasteiger partial charge in [-0.15, -0.1) is 0 Å². The smallest absolute Gasteiger partial charge is 0.0903 e. The highest BCUT2D eigenvalue weighted by molar-refractivity contribution is 5.34. The van der Waals surface area contributed by atoms with E-state index in [-0.39, 0.29) is 0 Å². The molecule has 1 aromatic carbocycles. The van der Waals surface area contributed by atoms with Crippen molar-refractivity contribution in [3.8, 4) is 6.07 Å². The topological polar surface area (TPSA) is 44.0 Å². The molecule has 2 rings (SSSR count). The number of nitrogens with zero attached hydrogens (tertiary/aromatic N) is 1. The molecule has 1 atom stereocenters. The van der Waals surface area contributed by atoms with E-state index in [2.05, 4.69) is 38.1 Å². The monoisotopic (exact) mass is 271 g/mol. The SMILES string of the molecule is CCCC(O)(CCC)C1(C#N)CCc2ccccc2C1. The van der Waals surface area contributed by atoms with E-state index in [1.165, 1.54) is 11.1 Å². The second kappa shape index (κ2) is 5.97. The van der Waals surface area contributed by atoms with E-state index >= 15 is 0 Å². The molecule has 1 aliphatic carbocycles. The van der Waals surface area contributed by atoms with E-state index in [9.17, 15) is 10.4 Å². The van der Waals surface area contributed by atoms with Crippen LogP contribution >= 0.6 is 0 Å². The fourth-order valence-electron chi connectivity index (χ4n) is 3.76. The summed E-state index contributed by atoms with van der Waals surface area (Å²) in [6.07, 6.45) is 5.64. The minimum Gasteiger partial charge on any atom is -0.388 e. The molecule has 0 aromatic heterocycles. The molecular weight excluding hydrogens is 246 g/mol. The molecule has 1 N–H and O–H groups in total. The lowest BCUT2D eigenvalue weighted by atomic mass is 9.60. The van der Waals surface area contributed by atoms with Gasteiger partial charge in [0, 0.05) is 0 Å². The van der Waals surface area contributed by atoms with Gasteiger partial charge in [-0.2, -0.15) is 5.26 Å². The summed E-state index contributed by atoms with van der Waals surface area (Å²) in [5.74, 6) is 0. The van der Waals surface area contributed by atoms with Crippen LogP contribution in [-0.4, -0.2) is 10.7 Å². The van der Waals surface area contributed by atoms with Gasteiger partial charge in [0.05, 0.1) is 17.1 Å². The second-order valence-corrected chi connectivity index (χ2v) is 6.17. The predicted octanol–water partition coefficient (Wildman–Crippen LogP) is 4.02. The van der Waals surface area contributed by atoms with Gasteiger partial charge in [-0.05, 0) is 43.2 Å². The first-order valence-electron chi connectivity index (χ1n) is 7.81. The molecule has 0 saturated carbocycles. The highest BCUT2D eigenvalue weighted by Gasteiger charge is 2.50.